The van der Waals surface area contributed by atoms with Crippen molar-refractivity contribution in [2.45, 2.75) is 19.4 Å². The third kappa shape index (κ3) is 2.24. The SMILES string of the molecule is CCc1ncnc(N(C)C2CN(c3nccn4cnnc34)C2)c1F. The van der Waals surface area contributed by atoms with Crippen molar-refractivity contribution >= 4 is 17.3 Å². The number of anilines is 2. The lowest BCUT2D eigenvalue weighted by molar-refractivity contribution is 0.479. The molecule has 1 fully saturated rings. The van der Waals surface area contributed by atoms with Gasteiger partial charge in [-0.25, -0.2) is 19.3 Å². The molecule has 0 bridgehead atoms. The van der Waals surface area contributed by atoms with Crippen LogP contribution in [0.25, 0.3) is 5.65 Å². The predicted octanol–water partition coefficient (Wildman–Crippen LogP) is 0.941. The number of nitrogens with zero attached hydrogens (tertiary/aromatic N) is 8. The van der Waals surface area contributed by atoms with E-state index in [9.17, 15) is 4.39 Å². The molecular weight excluding hydrogens is 311 g/mol. The summed E-state index contributed by atoms with van der Waals surface area (Å²) in [6, 6.07) is 0.157. The highest BCUT2D eigenvalue weighted by molar-refractivity contribution is 5.65. The highest BCUT2D eigenvalue weighted by Gasteiger charge is 2.34. The molecule has 0 N–H and O–H groups in total. The van der Waals surface area contributed by atoms with E-state index in [2.05, 4.69) is 30.0 Å². The van der Waals surface area contributed by atoms with Crippen molar-refractivity contribution in [2.24, 2.45) is 0 Å². The maximum atomic E-state index is 14.4. The van der Waals surface area contributed by atoms with Gasteiger partial charge in [-0.15, -0.1) is 10.2 Å². The Morgan fingerprint density at radius 2 is 2.12 bits per heavy atom. The van der Waals surface area contributed by atoms with Crippen LogP contribution in [0, 0.1) is 5.82 Å². The van der Waals surface area contributed by atoms with Crippen molar-refractivity contribution < 1.29 is 4.39 Å². The maximum absolute atomic E-state index is 14.4. The third-order valence-corrected chi connectivity index (χ3v) is 4.42. The molecule has 0 spiro atoms. The van der Waals surface area contributed by atoms with Crippen LogP contribution >= 0.6 is 0 Å². The summed E-state index contributed by atoms with van der Waals surface area (Å²) in [6.45, 7) is 3.33. The standard InChI is InChI=1S/C15H17FN8/c1-3-11-12(16)13(19-8-18-11)22(2)10-6-24(7-10)14-15-21-20-9-23(15)5-4-17-14/h4-5,8-10H,3,6-7H2,1-2H3. The second-order valence-electron chi connectivity index (χ2n) is 5.79. The largest absolute Gasteiger partial charge is 0.351 e. The summed E-state index contributed by atoms with van der Waals surface area (Å²) in [5, 5.41) is 8.01. The molecule has 4 rings (SSSR count). The van der Waals surface area contributed by atoms with Crippen LogP contribution in [0.2, 0.25) is 0 Å². The molecule has 24 heavy (non-hydrogen) atoms. The van der Waals surface area contributed by atoms with E-state index in [-0.39, 0.29) is 11.9 Å². The fourth-order valence-electron chi connectivity index (χ4n) is 2.90. The van der Waals surface area contributed by atoms with Crippen LogP contribution in [0.3, 0.4) is 0 Å². The van der Waals surface area contributed by atoms with Gasteiger partial charge in [0.15, 0.2) is 17.5 Å². The van der Waals surface area contributed by atoms with Crippen LogP contribution in [-0.4, -0.2) is 55.7 Å². The van der Waals surface area contributed by atoms with Gasteiger partial charge in [-0.05, 0) is 6.42 Å². The fraction of sp³-hybridized carbons (Fsp3) is 0.400. The van der Waals surface area contributed by atoms with Gasteiger partial charge in [0.25, 0.3) is 0 Å². The van der Waals surface area contributed by atoms with Gasteiger partial charge in [-0.2, -0.15) is 0 Å². The van der Waals surface area contributed by atoms with Gasteiger partial charge in [-0.3, -0.25) is 4.40 Å². The van der Waals surface area contributed by atoms with Crippen LogP contribution in [0.1, 0.15) is 12.6 Å². The van der Waals surface area contributed by atoms with Crippen LogP contribution < -0.4 is 9.80 Å². The topological polar surface area (TPSA) is 75.3 Å². The van der Waals surface area contributed by atoms with Crippen molar-refractivity contribution in [1.29, 1.82) is 0 Å². The lowest BCUT2D eigenvalue weighted by Crippen LogP contribution is -2.59. The first-order valence-electron chi connectivity index (χ1n) is 7.80. The molecular formula is C15H17FN8. The summed E-state index contributed by atoms with van der Waals surface area (Å²) < 4.78 is 16.2. The van der Waals surface area contributed by atoms with Crippen molar-refractivity contribution in [3.05, 3.63) is 36.6 Å². The first kappa shape index (κ1) is 14.7. The van der Waals surface area contributed by atoms with E-state index in [0.29, 0.717) is 17.9 Å². The average molecular weight is 328 g/mol. The van der Waals surface area contributed by atoms with Crippen LogP contribution in [0.5, 0.6) is 0 Å². The molecule has 3 aromatic rings. The number of fused-ring (bicyclic) bond motifs is 1. The second-order valence-corrected chi connectivity index (χ2v) is 5.79. The Balaban J connectivity index is 1.52. The Hall–Kier alpha value is -2.84. The zero-order chi connectivity index (χ0) is 16.7. The number of aryl methyl sites for hydroxylation is 1. The number of hydrogen-bond acceptors (Lipinski definition) is 7. The summed E-state index contributed by atoms with van der Waals surface area (Å²) in [7, 11) is 1.86. The van der Waals surface area contributed by atoms with Crippen molar-refractivity contribution in [3.8, 4) is 0 Å². The third-order valence-electron chi connectivity index (χ3n) is 4.42. The molecule has 9 heteroatoms. The molecule has 0 aromatic carbocycles. The highest BCUT2D eigenvalue weighted by atomic mass is 19.1. The number of hydrogen-bond donors (Lipinski definition) is 0. The zero-order valence-corrected chi connectivity index (χ0v) is 13.5. The number of likely N-dealkylation sites (N-methyl/N-ethyl adjacent to an activating group) is 1. The van der Waals surface area contributed by atoms with Crippen molar-refractivity contribution in [2.75, 3.05) is 29.9 Å². The van der Waals surface area contributed by atoms with E-state index in [1.807, 2.05) is 29.5 Å². The van der Waals surface area contributed by atoms with Gasteiger partial charge in [0.1, 0.15) is 12.7 Å². The monoisotopic (exact) mass is 328 g/mol. The van der Waals surface area contributed by atoms with Gasteiger partial charge >= 0.3 is 0 Å². The molecule has 3 aromatic heterocycles. The van der Waals surface area contributed by atoms with Crippen LogP contribution in [-0.2, 0) is 6.42 Å². The molecule has 8 nitrogen and oxygen atoms in total. The first-order valence-corrected chi connectivity index (χ1v) is 7.80. The van der Waals surface area contributed by atoms with E-state index >= 15 is 0 Å². The Morgan fingerprint density at radius 1 is 1.29 bits per heavy atom. The lowest BCUT2D eigenvalue weighted by atomic mass is 10.1. The minimum absolute atomic E-state index is 0.157. The normalized spacial score (nSPS) is 14.9. The minimum atomic E-state index is -0.335. The van der Waals surface area contributed by atoms with E-state index in [1.54, 1.807) is 12.5 Å². The van der Waals surface area contributed by atoms with Crippen molar-refractivity contribution in [1.82, 2.24) is 29.5 Å². The summed E-state index contributed by atoms with van der Waals surface area (Å²) in [4.78, 5) is 16.5. The quantitative estimate of drug-likeness (QED) is 0.705. The summed E-state index contributed by atoms with van der Waals surface area (Å²) in [6.07, 6.45) is 7.14. The predicted molar refractivity (Wildman–Crippen MR) is 86.6 cm³/mol. The van der Waals surface area contributed by atoms with E-state index in [0.717, 1.165) is 24.6 Å². The highest BCUT2D eigenvalue weighted by Crippen LogP contribution is 2.27. The molecule has 0 unspecified atom stereocenters. The Kier molecular flexibility index (Phi) is 3.47. The number of aromatic nitrogens is 6. The number of halogens is 1. The summed E-state index contributed by atoms with van der Waals surface area (Å²) in [5.41, 5.74) is 1.16. The van der Waals surface area contributed by atoms with Crippen molar-refractivity contribution in [3.63, 3.8) is 0 Å². The zero-order valence-electron chi connectivity index (χ0n) is 13.5. The molecule has 0 atom stereocenters. The minimum Gasteiger partial charge on any atom is -0.351 e. The Morgan fingerprint density at radius 3 is 2.92 bits per heavy atom. The lowest BCUT2D eigenvalue weighted by Gasteiger charge is -2.44. The molecule has 1 aliphatic heterocycles. The second kappa shape index (κ2) is 5.66. The molecule has 1 aliphatic rings. The molecule has 1 saturated heterocycles. The fourth-order valence-corrected chi connectivity index (χ4v) is 2.90. The smallest absolute Gasteiger partial charge is 0.203 e. The van der Waals surface area contributed by atoms with Crippen LogP contribution in [0.15, 0.2) is 25.0 Å². The Bertz CT molecular complexity index is 873. The molecule has 4 heterocycles. The molecule has 0 radical (unpaired) electrons. The van der Waals surface area contributed by atoms with Crippen LogP contribution in [0.4, 0.5) is 16.0 Å². The molecule has 0 amide bonds. The van der Waals surface area contributed by atoms with E-state index in [4.69, 9.17) is 0 Å². The number of rotatable bonds is 4. The molecule has 124 valence electrons. The van der Waals surface area contributed by atoms with Gasteiger partial charge in [0.05, 0.1) is 11.7 Å². The summed E-state index contributed by atoms with van der Waals surface area (Å²) >= 11 is 0. The van der Waals surface area contributed by atoms with E-state index in [1.165, 1.54) is 6.33 Å². The van der Waals surface area contributed by atoms with Gasteiger partial charge < -0.3 is 9.80 Å². The maximum Gasteiger partial charge on any atom is 0.203 e. The van der Waals surface area contributed by atoms with Gasteiger partial charge in [-0.1, -0.05) is 6.92 Å². The molecule has 0 saturated carbocycles. The van der Waals surface area contributed by atoms with E-state index < -0.39 is 0 Å². The summed E-state index contributed by atoms with van der Waals surface area (Å²) in [5.74, 6) is 0.802. The van der Waals surface area contributed by atoms with Gasteiger partial charge in [0, 0.05) is 32.5 Å². The average Bonchev–Trinajstić information content (AvgIpc) is 3.03. The Labute approximate surface area is 138 Å². The van der Waals surface area contributed by atoms with Gasteiger partial charge in [0.2, 0.25) is 5.65 Å². The molecule has 0 aliphatic carbocycles. The first-order chi connectivity index (χ1) is 11.7.